The van der Waals surface area contributed by atoms with Gasteiger partial charge in [-0.15, -0.1) is 0 Å². The van der Waals surface area contributed by atoms with Crippen LogP contribution in [0.5, 0.6) is 0 Å². The Balaban J connectivity index is 1.66. The number of hydrogen-bond donors (Lipinski definition) is 1. The number of benzene rings is 2. The highest BCUT2D eigenvalue weighted by molar-refractivity contribution is 5.68. The van der Waals surface area contributed by atoms with Crippen molar-refractivity contribution in [2.24, 2.45) is 0 Å². The molecule has 1 fully saturated rings. The average molecular weight is 436 g/mol. The lowest BCUT2D eigenvalue weighted by molar-refractivity contribution is 0.0338. The predicted molar refractivity (Wildman–Crippen MR) is 126 cm³/mol. The van der Waals surface area contributed by atoms with Gasteiger partial charge in [0.15, 0.2) is 0 Å². The van der Waals surface area contributed by atoms with Crippen LogP contribution in [0.3, 0.4) is 0 Å². The number of aliphatic hydroxyl groups is 1. The molecule has 4 rings (SSSR count). The monoisotopic (exact) mass is 435 g/mol. The van der Waals surface area contributed by atoms with Gasteiger partial charge in [-0.3, -0.25) is 4.90 Å². The summed E-state index contributed by atoms with van der Waals surface area (Å²) in [6.07, 6.45) is 3.03. The zero-order chi connectivity index (χ0) is 22.2. The number of piperidine rings is 1. The second kappa shape index (κ2) is 11.3. The first kappa shape index (κ1) is 22.5. The van der Waals surface area contributed by atoms with E-state index in [1.54, 1.807) is 7.11 Å². The number of ether oxygens (including phenoxy) is 1. The standard InChI is InChI=1S/C26H33N3O3/c1-31-20-23(30)18-28(17-21-11-5-2-6-12-21)19-24-25(22-13-7-3-8-14-22)27-32-26(24)29-15-9-4-10-16-29/h2-3,5-8,11-14,23,30H,4,9-10,15-20H2,1H3/t23-/m0/s1. The third kappa shape index (κ3) is 5.76. The first-order chi connectivity index (χ1) is 15.7. The molecular weight excluding hydrogens is 402 g/mol. The quantitative estimate of drug-likeness (QED) is 0.511. The highest BCUT2D eigenvalue weighted by Crippen LogP contribution is 2.34. The van der Waals surface area contributed by atoms with Gasteiger partial charge in [-0.1, -0.05) is 65.8 Å². The molecule has 6 heteroatoms. The number of aliphatic hydroxyl groups excluding tert-OH is 1. The van der Waals surface area contributed by atoms with Crippen LogP contribution < -0.4 is 4.90 Å². The van der Waals surface area contributed by atoms with Gasteiger partial charge in [0.1, 0.15) is 5.69 Å². The molecule has 1 atom stereocenters. The fraction of sp³-hybridized carbons (Fsp3) is 0.423. The largest absolute Gasteiger partial charge is 0.389 e. The Morgan fingerprint density at radius 3 is 2.38 bits per heavy atom. The molecule has 32 heavy (non-hydrogen) atoms. The van der Waals surface area contributed by atoms with E-state index in [1.165, 1.54) is 24.8 Å². The van der Waals surface area contributed by atoms with Crippen LogP contribution >= 0.6 is 0 Å². The second-order valence-electron chi connectivity index (χ2n) is 8.49. The van der Waals surface area contributed by atoms with Crippen molar-refractivity contribution >= 4 is 5.88 Å². The molecule has 1 aromatic heterocycles. The maximum Gasteiger partial charge on any atom is 0.232 e. The summed E-state index contributed by atoms with van der Waals surface area (Å²) in [7, 11) is 1.62. The van der Waals surface area contributed by atoms with E-state index in [2.05, 4.69) is 39.2 Å². The molecule has 0 unspecified atom stereocenters. The first-order valence-electron chi connectivity index (χ1n) is 11.5. The Morgan fingerprint density at radius 1 is 1.00 bits per heavy atom. The van der Waals surface area contributed by atoms with Crippen molar-refractivity contribution in [2.75, 3.05) is 38.3 Å². The smallest absolute Gasteiger partial charge is 0.232 e. The number of methoxy groups -OCH3 is 1. The molecule has 2 heterocycles. The molecule has 1 N–H and O–H groups in total. The number of hydrogen-bond acceptors (Lipinski definition) is 6. The second-order valence-corrected chi connectivity index (χ2v) is 8.49. The minimum Gasteiger partial charge on any atom is -0.389 e. The zero-order valence-electron chi connectivity index (χ0n) is 18.8. The molecule has 0 bridgehead atoms. The molecule has 1 saturated heterocycles. The molecule has 6 nitrogen and oxygen atoms in total. The first-order valence-corrected chi connectivity index (χ1v) is 11.5. The van der Waals surface area contributed by atoms with Gasteiger partial charge in [0, 0.05) is 45.4 Å². The molecule has 0 spiro atoms. The third-order valence-electron chi connectivity index (χ3n) is 5.92. The fourth-order valence-electron chi connectivity index (χ4n) is 4.40. The van der Waals surface area contributed by atoms with Gasteiger partial charge in [-0.2, -0.15) is 0 Å². The van der Waals surface area contributed by atoms with Crippen molar-refractivity contribution < 1.29 is 14.4 Å². The lowest BCUT2D eigenvalue weighted by Crippen LogP contribution is -2.35. The number of rotatable bonds is 10. The molecular formula is C26H33N3O3. The van der Waals surface area contributed by atoms with Gasteiger partial charge in [0.05, 0.1) is 18.3 Å². The van der Waals surface area contributed by atoms with Crippen molar-refractivity contribution in [3.63, 3.8) is 0 Å². The summed E-state index contributed by atoms with van der Waals surface area (Å²) in [5, 5.41) is 15.0. The average Bonchev–Trinajstić information content (AvgIpc) is 3.24. The Kier molecular flexibility index (Phi) is 7.93. The molecule has 1 aliphatic rings. The fourth-order valence-corrected chi connectivity index (χ4v) is 4.40. The summed E-state index contributed by atoms with van der Waals surface area (Å²) >= 11 is 0. The van der Waals surface area contributed by atoms with Crippen LogP contribution in [-0.4, -0.2) is 54.6 Å². The van der Waals surface area contributed by atoms with Gasteiger partial charge in [-0.05, 0) is 24.8 Å². The van der Waals surface area contributed by atoms with Gasteiger partial charge < -0.3 is 19.3 Å². The highest BCUT2D eigenvalue weighted by atomic mass is 16.5. The third-order valence-corrected chi connectivity index (χ3v) is 5.92. The molecule has 170 valence electrons. The van der Waals surface area contributed by atoms with Crippen molar-refractivity contribution in [1.29, 1.82) is 0 Å². The minimum absolute atomic E-state index is 0.305. The molecule has 1 aliphatic heterocycles. The van der Waals surface area contributed by atoms with Crippen molar-refractivity contribution in [3.05, 3.63) is 71.8 Å². The van der Waals surface area contributed by atoms with Crippen LogP contribution in [0.1, 0.15) is 30.4 Å². The summed E-state index contributed by atoms with van der Waals surface area (Å²) in [6, 6.07) is 20.6. The highest BCUT2D eigenvalue weighted by Gasteiger charge is 2.26. The van der Waals surface area contributed by atoms with E-state index in [0.29, 0.717) is 19.7 Å². The number of aromatic nitrogens is 1. The Hall–Kier alpha value is -2.67. The summed E-state index contributed by atoms with van der Waals surface area (Å²) in [5.41, 5.74) is 4.21. The minimum atomic E-state index is -0.567. The van der Waals surface area contributed by atoms with Gasteiger partial charge in [-0.25, -0.2) is 0 Å². The Morgan fingerprint density at radius 2 is 1.69 bits per heavy atom. The molecule has 0 amide bonds. The van der Waals surface area contributed by atoms with E-state index in [1.807, 2.05) is 36.4 Å². The van der Waals surface area contributed by atoms with Gasteiger partial charge >= 0.3 is 0 Å². The van der Waals surface area contributed by atoms with Gasteiger partial charge in [0.2, 0.25) is 5.88 Å². The van der Waals surface area contributed by atoms with Crippen molar-refractivity contribution in [1.82, 2.24) is 10.1 Å². The Bertz CT molecular complexity index is 939. The van der Waals surface area contributed by atoms with Crippen LogP contribution in [0.25, 0.3) is 11.3 Å². The molecule has 3 aromatic rings. The molecule has 0 aliphatic carbocycles. The van der Waals surface area contributed by atoms with Crippen LogP contribution in [-0.2, 0) is 17.8 Å². The Labute approximate surface area is 190 Å². The normalized spacial score (nSPS) is 15.3. The number of anilines is 1. The maximum atomic E-state index is 10.5. The van der Waals surface area contributed by atoms with Crippen molar-refractivity contribution in [2.45, 2.75) is 38.5 Å². The van der Waals surface area contributed by atoms with Crippen LogP contribution in [0.2, 0.25) is 0 Å². The topological polar surface area (TPSA) is 62.0 Å². The predicted octanol–water partition coefficient (Wildman–Crippen LogP) is 4.34. The van der Waals surface area contributed by atoms with E-state index >= 15 is 0 Å². The van der Waals surface area contributed by atoms with Crippen LogP contribution in [0, 0.1) is 0 Å². The summed E-state index contributed by atoms with van der Waals surface area (Å²) in [6.45, 7) is 4.14. The summed E-state index contributed by atoms with van der Waals surface area (Å²) in [4.78, 5) is 4.58. The lowest BCUT2D eigenvalue weighted by atomic mass is 10.0. The van der Waals surface area contributed by atoms with E-state index in [0.717, 1.165) is 42.3 Å². The zero-order valence-corrected chi connectivity index (χ0v) is 18.8. The summed E-state index contributed by atoms with van der Waals surface area (Å²) in [5.74, 6) is 0.864. The SMILES string of the molecule is COC[C@@H](O)CN(Cc1ccccc1)Cc1c(-c2ccccc2)noc1N1CCCCC1. The van der Waals surface area contributed by atoms with E-state index < -0.39 is 6.10 Å². The summed E-state index contributed by atoms with van der Waals surface area (Å²) < 4.78 is 11.1. The van der Waals surface area contributed by atoms with Crippen LogP contribution in [0.15, 0.2) is 65.2 Å². The van der Waals surface area contributed by atoms with Crippen LogP contribution in [0.4, 0.5) is 5.88 Å². The van der Waals surface area contributed by atoms with E-state index in [-0.39, 0.29) is 0 Å². The lowest BCUT2D eigenvalue weighted by Gasteiger charge is -2.29. The van der Waals surface area contributed by atoms with E-state index in [4.69, 9.17) is 9.26 Å². The molecule has 2 aromatic carbocycles. The maximum absolute atomic E-state index is 10.5. The molecule has 0 saturated carbocycles. The number of nitrogens with zero attached hydrogens (tertiary/aromatic N) is 3. The van der Waals surface area contributed by atoms with Gasteiger partial charge in [0.25, 0.3) is 0 Å². The molecule has 0 radical (unpaired) electrons. The van der Waals surface area contributed by atoms with E-state index in [9.17, 15) is 5.11 Å². The van der Waals surface area contributed by atoms with Crippen molar-refractivity contribution in [3.8, 4) is 11.3 Å².